The van der Waals surface area contributed by atoms with Gasteiger partial charge in [-0.05, 0) is 25.1 Å². The number of nitrogens with zero attached hydrogens (tertiary/aromatic N) is 3. The summed E-state index contributed by atoms with van der Waals surface area (Å²) in [5.74, 6) is 1.67. The van der Waals surface area contributed by atoms with Crippen LogP contribution in [0.2, 0.25) is 5.02 Å². The first-order chi connectivity index (χ1) is 9.63. The number of nitrogens with two attached hydrogens (primary N) is 1. The average Bonchev–Trinajstić information content (AvgIpc) is 2.84. The lowest BCUT2D eigenvalue weighted by Crippen LogP contribution is -2.05. The van der Waals surface area contributed by atoms with E-state index in [9.17, 15) is 0 Å². The van der Waals surface area contributed by atoms with E-state index < -0.39 is 0 Å². The summed E-state index contributed by atoms with van der Waals surface area (Å²) < 4.78 is 5.78. The molecule has 2 heterocycles. The first-order valence-corrected chi connectivity index (χ1v) is 6.39. The molecule has 20 heavy (non-hydrogen) atoms. The second-order valence-electron chi connectivity index (χ2n) is 4.30. The Kier molecular flexibility index (Phi) is 3.15. The molecule has 0 saturated carbocycles. The van der Waals surface area contributed by atoms with Crippen molar-refractivity contribution in [2.45, 2.75) is 13.0 Å². The van der Waals surface area contributed by atoms with Crippen LogP contribution in [0.5, 0.6) is 5.75 Å². The van der Waals surface area contributed by atoms with Crippen LogP contribution >= 0.6 is 11.6 Å². The Morgan fingerprint density at radius 1 is 1.35 bits per heavy atom. The zero-order valence-electron chi connectivity index (χ0n) is 10.7. The summed E-state index contributed by atoms with van der Waals surface area (Å²) in [6.45, 7) is 1.88. The Morgan fingerprint density at radius 3 is 2.95 bits per heavy atom. The Hall–Kier alpha value is -2.34. The van der Waals surface area contributed by atoms with Gasteiger partial charge in [-0.15, -0.1) is 0 Å². The van der Waals surface area contributed by atoms with Gasteiger partial charge in [0.2, 0.25) is 0 Å². The monoisotopic (exact) mass is 289 g/mol. The van der Waals surface area contributed by atoms with Gasteiger partial charge >= 0.3 is 0 Å². The zero-order chi connectivity index (χ0) is 14.1. The number of H-pyrrole nitrogens is 1. The predicted molar refractivity (Wildman–Crippen MR) is 76.6 cm³/mol. The smallest absolute Gasteiger partial charge is 0.183 e. The molecule has 0 saturated heterocycles. The van der Waals surface area contributed by atoms with Crippen LogP contribution in [0.25, 0.3) is 11.2 Å². The standard InChI is InChI=1S/C13H12ClN5O/c1-7(20-9-4-2-3-8(14)5-9)12-18-10-11(15)16-6-17-13(10)19-12/h2-7H,1H3,(H3,15,16,17,18,19). The minimum Gasteiger partial charge on any atom is -0.483 e. The van der Waals surface area contributed by atoms with Crippen LogP contribution < -0.4 is 10.5 Å². The van der Waals surface area contributed by atoms with Crippen molar-refractivity contribution in [3.05, 3.63) is 41.4 Å². The molecule has 0 fully saturated rings. The van der Waals surface area contributed by atoms with E-state index in [1.54, 1.807) is 12.1 Å². The van der Waals surface area contributed by atoms with Crippen molar-refractivity contribution >= 4 is 28.6 Å². The largest absolute Gasteiger partial charge is 0.483 e. The summed E-state index contributed by atoms with van der Waals surface area (Å²) in [6.07, 6.45) is 1.09. The van der Waals surface area contributed by atoms with Gasteiger partial charge < -0.3 is 15.5 Å². The molecule has 0 aliphatic heterocycles. The number of anilines is 1. The van der Waals surface area contributed by atoms with Crippen LogP contribution in [0, 0.1) is 0 Å². The maximum Gasteiger partial charge on any atom is 0.183 e. The minimum atomic E-state index is -0.290. The van der Waals surface area contributed by atoms with E-state index >= 15 is 0 Å². The highest BCUT2D eigenvalue weighted by molar-refractivity contribution is 6.30. The molecule has 1 unspecified atom stereocenters. The number of nitrogen functional groups attached to an aromatic ring is 1. The Labute approximate surface area is 120 Å². The minimum absolute atomic E-state index is 0.290. The number of imidazole rings is 1. The van der Waals surface area contributed by atoms with Crippen LogP contribution in [-0.4, -0.2) is 19.9 Å². The highest BCUT2D eigenvalue weighted by Crippen LogP contribution is 2.24. The van der Waals surface area contributed by atoms with Crippen LogP contribution in [0.15, 0.2) is 30.6 Å². The van der Waals surface area contributed by atoms with Gasteiger partial charge in [-0.25, -0.2) is 15.0 Å². The number of aromatic nitrogens is 4. The number of aromatic amines is 1. The zero-order valence-corrected chi connectivity index (χ0v) is 11.4. The van der Waals surface area contributed by atoms with Crippen LogP contribution in [0.4, 0.5) is 5.82 Å². The number of benzene rings is 1. The Balaban J connectivity index is 1.89. The molecular weight excluding hydrogens is 278 g/mol. The van der Waals surface area contributed by atoms with E-state index in [0.717, 1.165) is 0 Å². The quantitative estimate of drug-likeness (QED) is 0.774. The normalized spacial score (nSPS) is 12.5. The Bertz CT molecular complexity index is 757. The lowest BCUT2D eigenvalue weighted by atomic mass is 10.3. The number of nitrogens with one attached hydrogen (secondary N) is 1. The van der Waals surface area contributed by atoms with Crippen LogP contribution in [0.1, 0.15) is 18.9 Å². The first kappa shape index (κ1) is 12.7. The lowest BCUT2D eigenvalue weighted by Gasteiger charge is -2.12. The van der Waals surface area contributed by atoms with Gasteiger partial charge in [0.25, 0.3) is 0 Å². The molecule has 0 radical (unpaired) electrons. The fraction of sp³-hybridized carbons (Fsp3) is 0.154. The van der Waals surface area contributed by atoms with Crippen LogP contribution in [-0.2, 0) is 0 Å². The van der Waals surface area contributed by atoms with Gasteiger partial charge in [-0.1, -0.05) is 17.7 Å². The van der Waals surface area contributed by atoms with Crippen molar-refractivity contribution in [3.8, 4) is 5.75 Å². The highest BCUT2D eigenvalue weighted by Gasteiger charge is 2.14. The molecule has 1 aromatic carbocycles. The second kappa shape index (κ2) is 4.97. The van der Waals surface area contributed by atoms with Gasteiger partial charge in [-0.3, -0.25) is 0 Å². The molecule has 0 aliphatic carbocycles. The SMILES string of the molecule is CC(Oc1cccc(Cl)c1)c1nc2ncnc(N)c2[nH]1. The number of ether oxygens (including phenoxy) is 1. The Morgan fingerprint density at radius 2 is 2.20 bits per heavy atom. The summed E-state index contributed by atoms with van der Waals surface area (Å²) in [7, 11) is 0. The molecular formula is C13H12ClN5O. The molecule has 2 aromatic heterocycles. The molecule has 1 atom stereocenters. The van der Waals surface area contributed by atoms with Crippen molar-refractivity contribution in [1.29, 1.82) is 0 Å². The molecule has 3 aromatic rings. The van der Waals surface area contributed by atoms with Gasteiger partial charge in [0, 0.05) is 5.02 Å². The van der Waals surface area contributed by atoms with Gasteiger partial charge in [0.15, 0.2) is 17.6 Å². The molecule has 0 aliphatic rings. The fourth-order valence-corrected chi connectivity index (χ4v) is 2.04. The predicted octanol–water partition coefficient (Wildman–Crippen LogP) is 2.73. The number of hydrogen-bond donors (Lipinski definition) is 2. The van der Waals surface area contributed by atoms with Crippen molar-refractivity contribution in [3.63, 3.8) is 0 Å². The number of rotatable bonds is 3. The van der Waals surface area contributed by atoms with Crippen molar-refractivity contribution in [1.82, 2.24) is 19.9 Å². The number of fused-ring (bicyclic) bond motifs is 1. The second-order valence-corrected chi connectivity index (χ2v) is 4.73. The first-order valence-electron chi connectivity index (χ1n) is 6.02. The van der Waals surface area contributed by atoms with Gasteiger partial charge in [0.1, 0.15) is 23.4 Å². The van der Waals surface area contributed by atoms with Crippen molar-refractivity contribution < 1.29 is 4.74 Å². The van der Waals surface area contributed by atoms with E-state index in [2.05, 4.69) is 19.9 Å². The van der Waals surface area contributed by atoms with E-state index in [4.69, 9.17) is 22.1 Å². The van der Waals surface area contributed by atoms with E-state index in [1.807, 2.05) is 19.1 Å². The van der Waals surface area contributed by atoms with Crippen molar-refractivity contribution in [2.24, 2.45) is 0 Å². The third-order valence-corrected chi connectivity index (χ3v) is 3.07. The third-order valence-electron chi connectivity index (χ3n) is 2.83. The maximum absolute atomic E-state index is 5.92. The molecule has 3 N–H and O–H groups in total. The molecule has 0 bridgehead atoms. The average molecular weight is 290 g/mol. The van der Waals surface area contributed by atoms with Gasteiger partial charge in [-0.2, -0.15) is 0 Å². The topological polar surface area (TPSA) is 89.7 Å². The van der Waals surface area contributed by atoms with E-state index in [-0.39, 0.29) is 6.10 Å². The molecule has 0 spiro atoms. The summed E-state index contributed by atoms with van der Waals surface area (Å²) in [5, 5.41) is 0.620. The van der Waals surface area contributed by atoms with E-state index in [0.29, 0.717) is 33.6 Å². The summed E-state index contributed by atoms with van der Waals surface area (Å²) in [4.78, 5) is 15.4. The summed E-state index contributed by atoms with van der Waals surface area (Å²) in [5.41, 5.74) is 6.90. The van der Waals surface area contributed by atoms with Crippen LogP contribution in [0.3, 0.4) is 0 Å². The summed E-state index contributed by atoms with van der Waals surface area (Å²) >= 11 is 5.92. The number of halogens is 1. The van der Waals surface area contributed by atoms with E-state index in [1.165, 1.54) is 6.33 Å². The van der Waals surface area contributed by atoms with Gasteiger partial charge in [0.05, 0.1) is 0 Å². The summed E-state index contributed by atoms with van der Waals surface area (Å²) in [6, 6.07) is 7.19. The molecule has 6 nitrogen and oxygen atoms in total. The molecule has 102 valence electrons. The van der Waals surface area contributed by atoms with Crippen molar-refractivity contribution in [2.75, 3.05) is 5.73 Å². The number of hydrogen-bond acceptors (Lipinski definition) is 5. The fourth-order valence-electron chi connectivity index (χ4n) is 1.86. The third kappa shape index (κ3) is 2.37. The molecule has 3 rings (SSSR count). The lowest BCUT2D eigenvalue weighted by molar-refractivity contribution is 0.218. The maximum atomic E-state index is 5.92. The molecule has 7 heteroatoms. The molecule has 0 amide bonds. The highest BCUT2D eigenvalue weighted by atomic mass is 35.5.